The zero-order valence-corrected chi connectivity index (χ0v) is 14.2. The van der Waals surface area contributed by atoms with Crippen LogP contribution in [-0.4, -0.2) is 22.6 Å². The van der Waals surface area contributed by atoms with E-state index in [-0.39, 0.29) is 18.6 Å². The molecule has 0 fully saturated rings. The maximum Gasteiger partial charge on any atom is 0.258 e. The zero-order valence-electron chi connectivity index (χ0n) is 14.2. The van der Waals surface area contributed by atoms with Crippen LogP contribution in [0.15, 0.2) is 60.9 Å². The number of rotatable bonds is 5. The van der Waals surface area contributed by atoms with Crippen molar-refractivity contribution in [2.45, 2.75) is 6.42 Å². The normalized spacial score (nSPS) is 10.4. The van der Waals surface area contributed by atoms with Crippen LogP contribution in [-0.2, 0) is 6.42 Å². The average Bonchev–Trinajstić information content (AvgIpc) is 2.64. The first-order valence-corrected chi connectivity index (χ1v) is 8.01. The molecule has 1 aromatic carbocycles. The van der Waals surface area contributed by atoms with Gasteiger partial charge in [0.15, 0.2) is 0 Å². The predicted octanol–water partition coefficient (Wildman–Crippen LogP) is 2.76. The van der Waals surface area contributed by atoms with E-state index in [2.05, 4.69) is 15.7 Å². The third-order valence-corrected chi connectivity index (χ3v) is 3.82. The van der Waals surface area contributed by atoms with Gasteiger partial charge in [-0.25, -0.2) is 14.1 Å². The molecule has 3 N–H and O–H groups in total. The van der Waals surface area contributed by atoms with Crippen LogP contribution in [0.4, 0.5) is 10.2 Å². The highest BCUT2D eigenvalue weighted by Gasteiger charge is 2.08. The quantitative estimate of drug-likeness (QED) is 0.660. The molecule has 1 amide bonds. The molecule has 0 saturated heterocycles. The van der Waals surface area contributed by atoms with Crippen molar-refractivity contribution in [1.82, 2.24) is 9.66 Å². The first-order valence-electron chi connectivity index (χ1n) is 8.01. The van der Waals surface area contributed by atoms with Gasteiger partial charge in [-0.15, -0.1) is 0 Å². The highest BCUT2D eigenvalue weighted by Crippen LogP contribution is 2.13. The van der Waals surface area contributed by atoms with Crippen molar-refractivity contribution in [1.29, 1.82) is 5.41 Å². The van der Waals surface area contributed by atoms with E-state index in [1.54, 1.807) is 31.4 Å². The lowest BCUT2D eigenvalue weighted by Gasteiger charge is -2.09. The summed E-state index contributed by atoms with van der Waals surface area (Å²) in [4.78, 5) is 16.5. The minimum atomic E-state index is -0.320. The summed E-state index contributed by atoms with van der Waals surface area (Å²) in [5, 5.41) is 10.4. The van der Waals surface area contributed by atoms with Crippen molar-refractivity contribution < 1.29 is 10.6 Å². The number of pyridine rings is 2. The molecule has 6 nitrogen and oxygen atoms in total. The molecule has 0 saturated carbocycles. The van der Waals surface area contributed by atoms with Crippen molar-refractivity contribution in [3.63, 3.8) is 0 Å². The monoisotopic (exact) mass is 353 g/mol. The summed E-state index contributed by atoms with van der Waals surface area (Å²) in [6, 6.07) is 13.1. The van der Waals surface area contributed by atoms with E-state index >= 15 is 0 Å². The number of halogens is 1. The second-order valence-electron chi connectivity index (χ2n) is 5.71. The van der Waals surface area contributed by atoms with Gasteiger partial charge in [0.2, 0.25) is 0 Å². The molecule has 7 heteroatoms. The number of aromatic nitrogens is 2. The Balaban J connectivity index is 0.00000261. The molecule has 3 rings (SSSR count). The summed E-state index contributed by atoms with van der Waals surface area (Å²) < 4.78 is 14.7. The molecule has 0 aliphatic heterocycles. The van der Waals surface area contributed by atoms with Crippen LogP contribution in [0.25, 0.3) is 0 Å². The molecule has 134 valence electrons. The SMILES string of the molecule is CNn1cc(C(=O)Nc2ccc(Cc3cccc(F)c3)cn2)ccc1=N.[HH]. The average molecular weight is 353 g/mol. The Morgan fingerprint density at radius 2 is 2.08 bits per heavy atom. The van der Waals surface area contributed by atoms with Gasteiger partial charge in [0.05, 0.1) is 5.56 Å². The number of carbonyl (C=O) groups is 1. The summed E-state index contributed by atoms with van der Waals surface area (Å²) >= 11 is 0. The van der Waals surface area contributed by atoms with E-state index in [1.165, 1.54) is 29.1 Å². The molecule has 0 aliphatic rings. The van der Waals surface area contributed by atoms with Crippen molar-refractivity contribution in [3.05, 3.63) is 88.9 Å². The molecule has 0 radical (unpaired) electrons. The Morgan fingerprint density at radius 1 is 1.23 bits per heavy atom. The van der Waals surface area contributed by atoms with E-state index in [1.807, 2.05) is 12.1 Å². The van der Waals surface area contributed by atoms with E-state index in [4.69, 9.17) is 5.41 Å². The minimum Gasteiger partial charge on any atom is -0.328 e. The van der Waals surface area contributed by atoms with Crippen molar-refractivity contribution in [2.75, 3.05) is 17.8 Å². The van der Waals surface area contributed by atoms with Gasteiger partial charge >= 0.3 is 0 Å². The van der Waals surface area contributed by atoms with Gasteiger partial charge in [-0.05, 0) is 47.9 Å². The Hall–Kier alpha value is -3.48. The Bertz CT molecular complexity index is 988. The van der Waals surface area contributed by atoms with Gasteiger partial charge in [0.25, 0.3) is 5.91 Å². The van der Waals surface area contributed by atoms with Gasteiger partial charge in [0.1, 0.15) is 17.1 Å². The topological polar surface area (TPSA) is 82.8 Å². The van der Waals surface area contributed by atoms with E-state index < -0.39 is 0 Å². The zero-order chi connectivity index (χ0) is 18.5. The fourth-order valence-corrected chi connectivity index (χ4v) is 2.49. The van der Waals surface area contributed by atoms with Crippen molar-refractivity contribution in [2.24, 2.45) is 0 Å². The first kappa shape index (κ1) is 17.3. The van der Waals surface area contributed by atoms with Crippen LogP contribution in [0.1, 0.15) is 22.9 Å². The van der Waals surface area contributed by atoms with Crippen LogP contribution in [0, 0.1) is 11.2 Å². The largest absolute Gasteiger partial charge is 0.328 e. The van der Waals surface area contributed by atoms with Gasteiger partial charge in [-0.3, -0.25) is 10.2 Å². The summed E-state index contributed by atoms with van der Waals surface area (Å²) in [6.45, 7) is 0. The van der Waals surface area contributed by atoms with Crippen molar-refractivity contribution >= 4 is 11.7 Å². The third kappa shape index (κ3) is 4.13. The molecule has 2 heterocycles. The van der Waals surface area contributed by atoms with E-state index in [0.29, 0.717) is 17.8 Å². The summed E-state index contributed by atoms with van der Waals surface area (Å²) in [5.41, 5.74) is 5.21. The van der Waals surface area contributed by atoms with Gasteiger partial charge < -0.3 is 10.7 Å². The highest BCUT2D eigenvalue weighted by molar-refractivity contribution is 6.03. The maximum atomic E-state index is 13.2. The van der Waals surface area contributed by atoms with Crippen LogP contribution < -0.4 is 16.2 Å². The smallest absolute Gasteiger partial charge is 0.258 e. The summed E-state index contributed by atoms with van der Waals surface area (Å²) in [7, 11) is 1.67. The minimum absolute atomic E-state index is 0. The summed E-state index contributed by atoms with van der Waals surface area (Å²) in [5.74, 6) is -0.167. The Labute approximate surface area is 151 Å². The number of hydrogen-bond acceptors (Lipinski definition) is 4. The number of hydrogen-bond donors (Lipinski definition) is 3. The first-order chi connectivity index (χ1) is 12.5. The van der Waals surface area contributed by atoms with Gasteiger partial charge in [-0.2, -0.15) is 0 Å². The Morgan fingerprint density at radius 3 is 2.77 bits per heavy atom. The molecular formula is C19H20FN5O. The highest BCUT2D eigenvalue weighted by atomic mass is 19.1. The van der Waals surface area contributed by atoms with Crippen LogP contribution in [0.3, 0.4) is 0 Å². The number of anilines is 1. The second-order valence-corrected chi connectivity index (χ2v) is 5.71. The maximum absolute atomic E-state index is 13.2. The number of nitrogens with one attached hydrogen (secondary N) is 3. The molecule has 2 aromatic heterocycles. The van der Waals surface area contributed by atoms with Crippen LogP contribution in [0.2, 0.25) is 0 Å². The predicted molar refractivity (Wildman–Crippen MR) is 99.1 cm³/mol. The number of benzene rings is 1. The number of nitrogens with zero attached hydrogens (tertiary/aromatic N) is 2. The van der Waals surface area contributed by atoms with Crippen LogP contribution in [0.5, 0.6) is 0 Å². The molecule has 26 heavy (non-hydrogen) atoms. The molecule has 0 atom stereocenters. The number of amides is 1. The molecule has 3 aromatic rings. The van der Waals surface area contributed by atoms with Gasteiger partial charge in [0, 0.05) is 20.9 Å². The summed E-state index contributed by atoms with van der Waals surface area (Å²) in [6.07, 6.45) is 3.75. The van der Waals surface area contributed by atoms with E-state index in [0.717, 1.165) is 11.1 Å². The molecule has 0 unspecified atom stereocenters. The third-order valence-electron chi connectivity index (χ3n) is 3.82. The van der Waals surface area contributed by atoms with Crippen molar-refractivity contribution in [3.8, 4) is 0 Å². The lowest BCUT2D eigenvalue weighted by Crippen LogP contribution is -2.27. The number of carbonyl (C=O) groups excluding carboxylic acids is 1. The fourth-order valence-electron chi connectivity index (χ4n) is 2.49. The standard InChI is InChI=1S/C19H18FN5O.H2/c1-22-25-12-15(6-7-17(25)21)19(26)24-18-8-5-14(11-23-18)9-13-3-2-4-16(20)10-13;/h2-8,10-12,21-22H,9H2,1H3,(H,23,24,26);1H. The Kier molecular flexibility index (Phi) is 5.07. The lowest BCUT2D eigenvalue weighted by molar-refractivity contribution is 0.102. The lowest BCUT2D eigenvalue weighted by atomic mass is 10.1. The van der Waals surface area contributed by atoms with Gasteiger partial charge in [-0.1, -0.05) is 18.2 Å². The van der Waals surface area contributed by atoms with E-state index in [9.17, 15) is 9.18 Å². The second kappa shape index (κ2) is 7.60. The fraction of sp³-hybridized carbons (Fsp3) is 0.105. The molecule has 0 spiro atoms. The molecule has 0 aliphatic carbocycles. The van der Waals surface area contributed by atoms with Crippen LogP contribution >= 0.6 is 0 Å². The molecular weight excluding hydrogens is 333 g/mol. The molecule has 0 bridgehead atoms.